The fourth-order valence-electron chi connectivity index (χ4n) is 2.81. The van der Waals surface area contributed by atoms with Gasteiger partial charge in [0.1, 0.15) is 5.82 Å². The number of nitrogens with zero attached hydrogens (tertiary/aromatic N) is 2. The van der Waals surface area contributed by atoms with Gasteiger partial charge in [-0.3, -0.25) is 4.98 Å². The van der Waals surface area contributed by atoms with Crippen molar-refractivity contribution < 1.29 is 0 Å². The average Bonchev–Trinajstić information content (AvgIpc) is 2.37. The van der Waals surface area contributed by atoms with E-state index in [4.69, 9.17) is 5.73 Å². The lowest BCUT2D eigenvalue weighted by atomic mass is 9.73. The van der Waals surface area contributed by atoms with Crippen LogP contribution in [0, 0.1) is 19.8 Å². The first-order valence-corrected chi connectivity index (χ1v) is 6.86. The van der Waals surface area contributed by atoms with Crippen LogP contribution in [-0.2, 0) is 0 Å². The molecule has 1 saturated carbocycles. The molecule has 1 aliphatic carbocycles. The molecule has 4 nitrogen and oxygen atoms in total. The average molecular weight is 248 g/mol. The van der Waals surface area contributed by atoms with Gasteiger partial charge in [-0.2, -0.15) is 0 Å². The van der Waals surface area contributed by atoms with Gasteiger partial charge in [0, 0.05) is 6.54 Å². The van der Waals surface area contributed by atoms with Crippen LogP contribution >= 0.6 is 0 Å². The molecular formula is C14H24N4. The molecule has 1 fully saturated rings. The van der Waals surface area contributed by atoms with Gasteiger partial charge in [-0.05, 0) is 32.6 Å². The monoisotopic (exact) mass is 248 g/mol. The van der Waals surface area contributed by atoms with Crippen LogP contribution in [0.15, 0.2) is 6.20 Å². The third-order valence-corrected chi connectivity index (χ3v) is 4.39. The molecule has 0 aliphatic heterocycles. The highest BCUT2D eigenvalue weighted by Crippen LogP contribution is 2.35. The quantitative estimate of drug-likeness (QED) is 0.862. The molecule has 2 unspecified atom stereocenters. The van der Waals surface area contributed by atoms with E-state index >= 15 is 0 Å². The summed E-state index contributed by atoms with van der Waals surface area (Å²) in [4.78, 5) is 8.93. The number of hydrogen-bond acceptors (Lipinski definition) is 4. The summed E-state index contributed by atoms with van der Waals surface area (Å²) in [6.07, 6.45) is 6.73. The highest BCUT2D eigenvalue weighted by atomic mass is 15.1. The summed E-state index contributed by atoms with van der Waals surface area (Å²) >= 11 is 0. The minimum absolute atomic E-state index is 0.00533. The molecule has 0 saturated heterocycles. The Balaban J connectivity index is 2.21. The molecule has 1 heterocycles. The Morgan fingerprint density at radius 1 is 1.39 bits per heavy atom. The van der Waals surface area contributed by atoms with Gasteiger partial charge in [-0.25, -0.2) is 4.98 Å². The van der Waals surface area contributed by atoms with Crippen LogP contribution in [0.25, 0.3) is 0 Å². The van der Waals surface area contributed by atoms with Crippen LogP contribution in [0.1, 0.15) is 44.0 Å². The first-order chi connectivity index (χ1) is 8.57. The molecule has 3 N–H and O–H groups in total. The lowest BCUT2D eigenvalue weighted by molar-refractivity contribution is 0.235. The second kappa shape index (κ2) is 5.22. The minimum Gasteiger partial charge on any atom is -0.362 e. The highest BCUT2D eigenvalue weighted by molar-refractivity contribution is 5.38. The highest BCUT2D eigenvalue weighted by Gasteiger charge is 2.37. The maximum atomic E-state index is 6.03. The maximum absolute atomic E-state index is 6.03. The van der Waals surface area contributed by atoms with Crippen molar-refractivity contribution in [1.82, 2.24) is 9.97 Å². The lowest BCUT2D eigenvalue weighted by Crippen LogP contribution is -2.52. The Kier molecular flexibility index (Phi) is 3.85. The van der Waals surface area contributed by atoms with Crippen molar-refractivity contribution in [1.29, 1.82) is 0 Å². The minimum atomic E-state index is -0.00533. The predicted octanol–water partition coefficient (Wildman–Crippen LogP) is 2.41. The van der Waals surface area contributed by atoms with Crippen LogP contribution in [0.4, 0.5) is 5.82 Å². The van der Waals surface area contributed by atoms with E-state index in [0.717, 1.165) is 23.6 Å². The molecule has 0 spiro atoms. The molecule has 18 heavy (non-hydrogen) atoms. The van der Waals surface area contributed by atoms with Gasteiger partial charge in [-0.1, -0.05) is 19.8 Å². The SMILES string of the molecule is Cc1ncc(NC2(CN)CCCCC2C)nc1C. The second-order valence-electron chi connectivity index (χ2n) is 5.56. The normalized spacial score (nSPS) is 28.1. The van der Waals surface area contributed by atoms with Gasteiger partial charge in [0.05, 0.1) is 23.1 Å². The number of rotatable bonds is 3. The van der Waals surface area contributed by atoms with Crippen LogP contribution in [-0.4, -0.2) is 22.1 Å². The van der Waals surface area contributed by atoms with Crippen LogP contribution in [0.3, 0.4) is 0 Å². The van der Waals surface area contributed by atoms with Crippen molar-refractivity contribution in [2.24, 2.45) is 11.7 Å². The van der Waals surface area contributed by atoms with E-state index in [2.05, 4.69) is 22.2 Å². The third kappa shape index (κ3) is 2.48. The summed E-state index contributed by atoms with van der Waals surface area (Å²) < 4.78 is 0. The molecule has 1 aliphatic rings. The van der Waals surface area contributed by atoms with E-state index in [1.807, 2.05) is 20.0 Å². The van der Waals surface area contributed by atoms with Crippen molar-refractivity contribution in [3.8, 4) is 0 Å². The largest absolute Gasteiger partial charge is 0.362 e. The van der Waals surface area contributed by atoms with Crippen molar-refractivity contribution in [3.05, 3.63) is 17.6 Å². The maximum Gasteiger partial charge on any atom is 0.145 e. The van der Waals surface area contributed by atoms with Crippen LogP contribution in [0.5, 0.6) is 0 Å². The van der Waals surface area contributed by atoms with E-state index in [0.29, 0.717) is 12.5 Å². The second-order valence-corrected chi connectivity index (χ2v) is 5.56. The number of aryl methyl sites for hydroxylation is 2. The van der Waals surface area contributed by atoms with Gasteiger partial charge in [0.2, 0.25) is 0 Å². The van der Waals surface area contributed by atoms with Gasteiger partial charge in [-0.15, -0.1) is 0 Å². The third-order valence-electron chi connectivity index (χ3n) is 4.39. The Hall–Kier alpha value is -1.16. The first kappa shape index (κ1) is 13.3. The fraction of sp³-hybridized carbons (Fsp3) is 0.714. The summed E-state index contributed by atoms with van der Waals surface area (Å²) in [6.45, 7) is 6.91. The predicted molar refractivity (Wildman–Crippen MR) is 74.5 cm³/mol. The van der Waals surface area contributed by atoms with E-state index < -0.39 is 0 Å². The molecule has 1 aromatic heterocycles. The molecule has 2 atom stereocenters. The van der Waals surface area contributed by atoms with Gasteiger partial charge >= 0.3 is 0 Å². The molecule has 0 amide bonds. The van der Waals surface area contributed by atoms with Crippen molar-refractivity contribution in [2.45, 2.75) is 52.0 Å². The zero-order chi connectivity index (χ0) is 13.2. The number of aromatic nitrogens is 2. The number of hydrogen-bond donors (Lipinski definition) is 2. The van der Waals surface area contributed by atoms with Crippen molar-refractivity contribution >= 4 is 5.82 Å². The van der Waals surface area contributed by atoms with Gasteiger partial charge in [0.15, 0.2) is 0 Å². The Morgan fingerprint density at radius 2 is 2.17 bits per heavy atom. The molecule has 0 aromatic carbocycles. The molecule has 0 bridgehead atoms. The molecule has 4 heteroatoms. The summed E-state index contributed by atoms with van der Waals surface area (Å²) in [5.74, 6) is 1.44. The standard InChI is InChI=1S/C14H24N4/c1-10-6-4-5-7-14(10,9-15)18-13-8-16-11(2)12(3)17-13/h8,10H,4-7,9,15H2,1-3H3,(H,17,18). The first-order valence-electron chi connectivity index (χ1n) is 6.86. The van der Waals surface area contributed by atoms with E-state index in [-0.39, 0.29) is 5.54 Å². The summed E-state index contributed by atoms with van der Waals surface area (Å²) in [5.41, 5.74) is 8.00. The smallest absolute Gasteiger partial charge is 0.145 e. The van der Waals surface area contributed by atoms with Gasteiger partial charge in [0.25, 0.3) is 0 Å². The Morgan fingerprint density at radius 3 is 2.78 bits per heavy atom. The van der Waals surface area contributed by atoms with Crippen molar-refractivity contribution in [3.63, 3.8) is 0 Å². The van der Waals surface area contributed by atoms with Crippen LogP contribution < -0.4 is 11.1 Å². The molecular weight excluding hydrogens is 224 g/mol. The van der Waals surface area contributed by atoms with Crippen molar-refractivity contribution in [2.75, 3.05) is 11.9 Å². The molecule has 0 radical (unpaired) electrons. The summed E-state index contributed by atoms with van der Waals surface area (Å²) in [7, 11) is 0. The number of anilines is 1. The van der Waals surface area contributed by atoms with E-state index in [9.17, 15) is 0 Å². The zero-order valence-electron chi connectivity index (χ0n) is 11.7. The Labute approximate surface area is 109 Å². The molecule has 1 aromatic rings. The number of nitrogens with one attached hydrogen (secondary N) is 1. The Bertz CT molecular complexity index is 418. The van der Waals surface area contributed by atoms with Gasteiger partial charge < -0.3 is 11.1 Å². The topological polar surface area (TPSA) is 63.8 Å². The fourth-order valence-corrected chi connectivity index (χ4v) is 2.81. The molecule has 100 valence electrons. The van der Waals surface area contributed by atoms with E-state index in [1.54, 1.807) is 0 Å². The van der Waals surface area contributed by atoms with Crippen LogP contribution in [0.2, 0.25) is 0 Å². The van der Waals surface area contributed by atoms with E-state index in [1.165, 1.54) is 19.3 Å². The zero-order valence-corrected chi connectivity index (χ0v) is 11.7. The summed E-state index contributed by atoms with van der Waals surface area (Å²) in [5, 5.41) is 3.56. The lowest BCUT2D eigenvalue weighted by Gasteiger charge is -2.43. The molecule has 2 rings (SSSR count). The summed E-state index contributed by atoms with van der Waals surface area (Å²) in [6, 6.07) is 0. The number of nitrogens with two attached hydrogens (primary N) is 1.